The molecule has 2 aliphatic heterocycles. The summed E-state index contributed by atoms with van der Waals surface area (Å²) in [6.45, 7) is 1.99. The van der Waals surface area contributed by atoms with Crippen LogP contribution in [0.5, 0.6) is 5.75 Å². The van der Waals surface area contributed by atoms with Crippen molar-refractivity contribution >= 4 is 27.7 Å². The van der Waals surface area contributed by atoms with Crippen molar-refractivity contribution in [2.75, 3.05) is 44.2 Å². The first kappa shape index (κ1) is 27.3. The first-order chi connectivity index (χ1) is 19.3. The van der Waals surface area contributed by atoms with Gasteiger partial charge in [-0.1, -0.05) is 72.8 Å². The third-order valence-electron chi connectivity index (χ3n) is 7.21. The summed E-state index contributed by atoms with van der Waals surface area (Å²) in [5.74, 6) is -1.42. The van der Waals surface area contributed by atoms with Gasteiger partial charge < -0.3 is 14.9 Å². The summed E-state index contributed by atoms with van der Waals surface area (Å²) < 4.78 is 28.8. The number of anilines is 1. The highest BCUT2D eigenvalue weighted by molar-refractivity contribution is 7.88. The lowest BCUT2D eigenvalue weighted by atomic mass is 10.1. The largest absolute Gasteiger partial charge is 0.506 e. The molecule has 0 aliphatic carbocycles. The number of amides is 2. The van der Waals surface area contributed by atoms with Crippen LogP contribution in [0.3, 0.4) is 0 Å². The lowest BCUT2D eigenvalue weighted by Gasteiger charge is -2.38. The Labute approximate surface area is 234 Å². The van der Waals surface area contributed by atoms with E-state index in [0.717, 1.165) is 25.4 Å². The Morgan fingerprint density at radius 1 is 0.675 bits per heavy atom. The molecule has 2 fully saturated rings. The minimum absolute atomic E-state index is 0.0707. The Balaban J connectivity index is 1.38. The van der Waals surface area contributed by atoms with Crippen LogP contribution in [0.15, 0.2) is 96.7 Å². The number of rotatable bonds is 8. The number of nitrogens with zero attached hydrogens (tertiary/aromatic N) is 4. The summed E-state index contributed by atoms with van der Waals surface area (Å²) in [7, 11) is -4.35. The number of carbonyl (C=O) groups excluding carboxylic acids is 2. The molecule has 40 heavy (non-hydrogen) atoms. The number of para-hydroxylation sites is 2. The molecule has 5 rings (SSSR count). The Morgan fingerprint density at radius 2 is 1.15 bits per heavy atom. The molecule has 0 radical (unpaired) electrons. The van der Waals surface area contributed by atoms with E-state index < -0.39 is 22.0 Å². The number of carbonyl (C=O) groups is 2. The van der Waals surface area contributed by atoms with E-state index in [1.165, 1.54) is 6.20 Å². The molecule has 0 bridgehead atoms. The van der Waals surface area contributed by atoms with Gasteiger partial charge in [-0.2, -0.15) is 8.42 Å². The van der Waals surface area contributed by atoms with Crippen LogP contribution in [0.4, 0.5) is 5.69 Å². The fourth-order valence-corrected chi connectivity index (χ4v) is 6.49. The second-order valence-electron chi connectivity index (χ2n) is 9.79. The van der Waals surface area contributed by atoms with Crippen LogP contribution >= 0.6 is 0 Å². The van der Waals surface area contributed by atoms with Crippen molar-refractivity contribution in [1.82, 2.24) is 13.5 Å². The molecule has 0 aromatic heterocycles. The average Bonchev–Trinajstić information content (AvgIpc) is 2.97. The molecule has 0 saturated carbocycles. The Hall–Kier alpha value is -4.31. The van der Waals surface area contributed by atoms with Gasteiger partial charge in [0.2, 0.25) is 0 Å². The molecular formula is C30H32N4O5S. The van der Waals surface area contributed by atoms with Gasteiger partial charge in [0.25, 0.3) is 11.8 Å². The van der Waals surface area contributed by atoms with E-state index in [0.29, 0.717) is 39.0 Å². The smallest absolute Gasteiger partial charge is 0.331 e. The summed E-state index contributed by atoms with van der Waals surface area (Å²) in [6.07, 6.45) is 2.17. The van der Waals surface area contributed by atoms with Gasteiger partial charge in [-0.3, -0.25) is 9.59 Å². The zero-order valence-electron chi connectivity index (χ0n) is 22.1. The molecule has 208 valence electrons. The van der Waals surface area contributed by atoms with Crippen LogP contribution in [-0.4, -0.2) is 78.1 Å². The summed E-state index contributed by atoms with van der Waals surface area (Å²) in [4.78, 5) is 31.0. The van der Waals surface area contributed by atoms with Gasteiger partial charge in [-0.25, -0.2) is 8.61 Å². The molecule has 0 unspecified atom stereocenters. The van der Waals surface area contributed by atoms with Gasteiger partial charge in [-0.15, -0.1) is 0 Å². The highest BCUT2D eigenvalue weighted by Gasteiger charge is 2.46. The molecule has 0 spiro atoms. The fourth-order valence-electron chi connectivity index (χ4n) is 4.99. The third kappa shape index (κ3) is 5.81. The van der Waals surface area contributed by atoms with E-state index in [1.807, 2.05) is 82.6 Å². The van der Waals surface area contributed by atoms with Gasteiger partial charge >= 0.3 is 10.2 Å². The maximum absolute atomic E-state index is 13.6. The van der Waals surface area contributed by atoms with Crippen LogP contribution in [0, 0.1) is 0 Å². The number of aromatic hydroxyl groups is 1. The maximum atomic E-state index is 13.6. The molecule has 2 heterocycles. The number of hydrogen-bond donors (Lipinski definition) is 1. The van der Waals surface area contributed by atoms with Gasteiger partial charge in [0.1, 0.15) is 11.3 Å². The Morgan fingerprint density at radius 3 is 1.65 bits per heavy atom. The number of phenolic OH excluding ortho intramolecular Hbond substituents is 1. The van der Waals surface area contributed by atoms with Crippen molar-refractivity contribution in [1.29, 1.82) is 0 Å². The van der Waals surface area contributed by atoms with E-state index in [4.69, 9.17) is 0 Å². The van der Waals surface area contributed by atoms with Gasteiger partial charge in [-0.05, 0) is 36.1 Å². The highest BCUT2D eigenvalue weighted by Crippen LogP contribution is 2.28. The average molecular weight is 561 g/mol. The third-order valence-corrected chi connectivity index (χ3v) is 9.02. The number of phenols is 1. The first-order valence-corrected chi connectivity index (χ1v) is 14.7. The number of benzene rings is 3. The quantitative estimate of drug-likeness (QED) is 0.334. The molecule has 2 amide bonds. The second kappa shape index (κ2) is 11.8. The summed E-state index contributed by atoms with van der Waals surface area (Å²) in [5.41, 5.74) is 2.35. The van der Waals surface area contributed by atoms with Gasteiger partial charge in [0.15, 0.2) is 0 Å². The van der Waals surface area contributed by atoms with E-state index in [-0.39, 0.29) is 24.4 Å². The first-order valence-electron chi connectivity index (χ1n) is 13.3. The van der Waals surface area contributed by atoms with Crippen molar-refractivity contribution < 1.29 is 23.1 Å². The lowest BCUT2D eigenvalue weighted by molar-refractivity contribution is -0.132. The molecule has 1 N–H and O–H groups in total. The SMILES string of the molecule is O=C1C(=CN2CCN(c3ccccc3O)CC2)C(=O)N(CCc2ccccc2)S(=O)(=O)N1CCc1ccccc1. The Kier molecular flexibility index (Phi) is 8.06. The molecule has 0 atom stereocenters. The standard InChI is InChI=1S/C30H32N4O5S/c35-28-14-8-7-13-27(28)32-21-19-31(20-22-32)23-26-29(36)33(17-15-24-9-3-1-4-10-24)40(38,39)34(30(26)37)18-16-25-11-5-2-6-12-25/h1-14,23,35H,15-22H2. The van der Waals surface area contributed by atoms with Crippen LogP contribution < -0.4 is 4.90 Å². The van der Waals surface area contributed by atoms with Crippen LogP contribution in [0.2, 0.25) is 0 Å². The normalized spacial score (nSPS) is 17.4. The zero-order valence-corrected chi connectivity index (χ0v) is 22.9. The van der Waals surface area contributed by atoms with Gasteiger partial charge in [0.05, 0.1) is 5.69 Å². The molecule has 3 aromatic rings. The zero-order chi connectivity index (χ0) is 28.1. The molecular weight excluding hydrogens is 528 g/mol. The second-order valence-corrected chi connectivity index (χ2v) is 11.6. The van der Waals surface area contributed by atoms with Crippen molar-refractivity contribution in [3.05, 3.63) is 108 Å². The number of piperazine rings is 1. The Bertz CT molecular complexity index is 1420. The summed E-state index contributed by atoms with van der Waals surface area (Å²) >= 11 is 0. The highest BCUT2D eigenvalue weighted by atomic mass is 32.2. The van der Waals surface area contributed by atoms with Crippen LogP contribution in [0.25, 0.3) is 0 Å². The molecule has 3 aromatic carbocycles. The summed E-state index contributed by atoms with van der Waals surface area (Å²) in [6, 6.07) is 25.8. The molecule has 2 aliphatic rings. The van der Waals surface area contributed by atoms with E-state index in [9.17, 15) is 23.1 Å². The monoisotopic (exact) mass is 560 g/mol. The predicted molar refractivity (Wildman–Crippen MR) is 153 cm³/mol. The topological polar surface area (TPSA) is 101 Å². The van der Waals surface area contributed by atoms with Gasteiger partial charge in [0, 0.05) is 45.5 Å². The molecule has 2 saturated heterocycles. The molecule has 9 nitrogen and oxygen atoms in total. The lowest BCUT2D eigenvalue weighted by Crippen LogP contribution is -2.57. The van der Waals surface area contributed by atoms with E-state index >= 15 is 0 Å². The molecule has 10 heteroatoms. The minimum Gasteiger partial charge on any atom is -0.506 e. The fraction of sp³-hybridized carbons (Fsp3) is 0.267. The van der Waals surface area contributed by atoms with Crippen molar-refractivity contribution in [2.45, 2.75) is 12.8 Å². The van der Waals surface area contributed by atoms with E-state index in [2.05, 4.69) is 0 Å². The maximum Gasteiger partial charge on any atom is 0.331 e. The number of hydrogen-bond acceptors (Lipinski definition) is 7. The van der Waals surface area contributed by atoms with Crippen LogP contribution in [0.1, 0.15) is 11.1 Å². The van der Waals surface area contributed by atoms with E-state index in [1.54, 1.807) is 12.1 Å². The van der Waals surface area contributed by atoms with Crippen molar-refractivity contribution in [3.8, 4) is 5.75 Å². The van der Waals surface area contributed by atoms with Crippen LogP contribution in [-0.2, 0) is 32.6 Å². The summed E-state index contributed by atoms with van der Waals surface area (Å²) in [5, 5.41) is 10.2. The predicted octanol–water partition coefficient (Wildman–Crippen LogP) is 2.80. The van der Waals surface area contributed by atoms with Crippen molar-refractivity contribution in [2.24, 2.45) is 0 Å². The minimum atomic E-state index is -4.35. The van der Waals surface area contributed by atoms with Crippen molar-refractivity contribution in [3.63, 3.8) is 0 Å².